The molecule has 0 bridgehead atoms. The Morgan fingerprint density at radius 1 is 1.48 bits per heavy atom. The van der Waals surface area contributed by atoms with Gasteiger partial charge in [-0.3, -0.25) is 4.79 Å². The molecule has 0 radical (unpaired) electrons. The van der Waals surface area contributed by atoms with Gasteiger partial charge in [-0.15, -0.1) is 21.5 Å². The van der Waals surface area contributed by atoms with E-state index in [1.807, 2.05) is 31.4 Å². The van der Waals surface area contributed by atoms with Gasteiger partial charge in [0, 0.05) is 13.1 Å². The van der Waals surface area contributed by atoms with E-state index in [2.05, 4.69) is 27.0 Å². The summed E-state index contributed by atoms with van der Waals surface area (Å²) in [4.78, 5) is 13.1. The molecule has 0 aliphatic heterocycles. The van der Waals surface area contributed by atoms with Crippen molar-refractivity contribution < 1.29 is 4.79 Å². The van der Waals surface area contributed by atoms with E-state index in [1.165, 1.54) is 11.8 Å². The molecule has 114 valence electrons. The molecule has 0 saturated heterocycles. The number of nitrogens with zero attached hydrogens (tertiary/aromatic N) is 3. The highest BCUT2D eigenvalue weighted by Crippen LogP contribution is 2.28. The van der Waals surface area contributed by atoms with E-state index < -0.39 is 0 Å². The highest BCUT2D eigenvalue weighted by atomic mass is 32.2. The van der Waals surface area contributed by atoms with Crippen LogP contribution in [0.25, 0.3) is 10.7 Å². The standard InChI is InChI=1S/C14H20N4OS2/c1-4-8-15-13(19)10(3)21-14-17-16-12(18(14)5-2)11-7-6-9-20-11/h6-7,9-10H,4-5,8H2,1-3H3,(H,15,19)/t10-/m0/s1. The molecule has 0 aliphatic carbocycles. The number of aromatic nitrogens is 3. The molecule has 0 aliphatic rings. The van der Waals surface area contributed by atoms with Crippen LogP contribution in [0.5, 0.6) is 0 Å². The maximum atomic E-state index is 12.0. The second-order valence-corrected chi connectivity index (χ2v) is 6.83. The molecular formula is C14H20N4OS2. The third-order valence-corrected chi connectivity index (χ3v) is 4.92. The molecule has 5 nitrogen and oxygen atoms in total. The van der Waals surface area contributed by atoms with Crippen LogP contribution >= 0.6 is 23.1 Å². The topological polar surface area (TPSA) is 59.8 Å². The Bertz CT molecular complexity index is 580. The zero-order valence-electron chi connectivity index (χ0n) is 12.5. The van der Waals surface area contributed by atoms with Gasteiger partial charge in [0.15, 0.2) is 11.0 Å². The van der Waals surface area contributed by atoms with Gasteiger partial charge in [-0.1, -0.05) is 24.8 Å². The molecule has 2 rings (SSSR count). The van der Waals surface area contributed by atoms with Crippen LogP contribution in [0.3, 0.4) is 0 Å². The minimum atomic E-state index is -0.178. The van der Waals surface area contributed by atoms with E-state index in [9.17, 15) is 4.79 Å². The maximum absolute atomic E-state index is 12.0. The number of rotatable bonds is 7. The molecule has 0 unspecified atom stereocenters. The van der Waals surface area contributed by atoms with Crippen LogP contribution in [0.4, 0.5) is 0 Å². The number of hydrogen-bond donors (Lipinski definition) is 1. The zero-order valence-corrected chi connectivity index (χ0v) is 14.1. The summed E-state index contributed by atoms with van der Waals surface area (Å²) in [5, 5.41) is 14.1. The van der Waals surface area contributed by atoms with Crippen molar-refractivity contribution in [3.8, 4) is 10.7 Å². The van der Waals surface area contributed by atoms with Gasteiger partial charge in [0.2, 0.25) is 5.91 Å². The number of thioether (sulfide) groups is 1. The molecule has 1 amide bonds. The highest BCUT2D eigenvalue weighted by Gasteiger charge is 2.20. The summed E-state index contributed by atoms with van der Waals surface area (Å²) in [5.74, 6) is 0.918. The van der Waals surface area contributed by atoms with E-state index in [0.29, 0.717) is 6.54 Å². The average molecular weight is 324 g/mol. The second kappa shape index (κ2) is 7.61. The minimum Gasteiger partial charge on any atom is -0.355 e. The summed E-state index contributed by atoms with van der Waals surface area (Å²) in [7, 11) is 0. The fourth-order valence-corrected chi connectivity index (χ4v) is 3.51. The van der Waals surface area contributed by atoms with Crippen LogP contribution in [0.1, 0.15) is 27.2 Å². The molecule has 21 heavy (non-hydrogen) atoms. The van der Waals surface area contributed by atoms with Crippen LogP contribution in [0.15, 0.2) is 22.7 Å². The van der Waals surface area contributed by atoms with Crippen molar-refractivity contribution in [2.24, 2.45) is 0 Å². The number of carbonyl (C=O) groups is 1. The van der Waals surface area contributed by atoms with Gasteiger partial charge in [-0.05, 0) is 31.7 Å². The molecule has 7 heteroatoms. The van der Waals surface area contributed by atoms with Crippen molar-refractivity contribution in [2.75, 3.05) is 6.54 Å². The van der Waals surface area contributed by atoms with Gasteiger partial charge in [0.1, 0.15) is 0 Å². The Hall–Kier alpha value is -1.34. The van der Waals surface area contributed by atoms with Crippen molar-refractivity contribution in [3.05, 3.63) is 17.5 Å². The molecule has 0 spiro atoms. The lowest BCUT2D eigenvalue weighted by Crippen LogP contribution is -2.31. The Morgan fingerprint density at radius 2 is 2.29 bits per heavy atom. The van der Waals surface area contributed by atoms with Crippen molar-refractivity contribution >= 4 is 29.0 Å². The summed E-state index contributed by atoms with van der Waals surface area (Å²) < 4.78 is 2.06. The lowest BCUT2D eigenvalue weighted by atomic mass is 10.4. The number of amides is 1. The fraction of sp³-hybridized carbons (Fsp3) is 0.500. The predicted octanol–water partition coefficient (Wildman–Crippen LogP) is 3.03. The van der Waals surface area contributed by atoms with Gasteiger partial charge in [0.05, 0.1) is 10.1 Å². The smallest absolute Gasteiger partial charge is 0.233 e. The highest BCUT2D eigenvalue weighted by molar-refractivity contribution is 8.00. The molecule has 1 atom stereocenters. The van der Waals surface area contributed by atoms with Gasteiger partial charge in [-0.25, -0.2) is 0 Å². The summed E-state index contributed by atoms with van der Waals surface area (Å²) >= 11 is 3.10. The molecule has 0 saturated carbocycles. The SMILES string of the molecule is CCCNC(=O)[C@H](C)Sc1nnc(-c2cccs2)n1CC. The quantitative estimate of drug-likeness (QED) is 0.795. The van der Waals surface area contributed by atoms with Crippen LogP contribution in [-0.4, -0.2) is 32.5 Å². The normalized spacial score (nSPS) is 12.3. The Labute approximate surface area is 133 Å². The first-order chi connectivity index (χ1) is 10.2. The van der Waals surface area contributed by atoms with E-state index in [4.69, 9.17) is 0 Å². The lowest BCUT2D eigenvalue weighted by molar-refractivity contribution is -0.120. The van der Waals surface area contributed by atoms with Gasteiger partial charge < -0.3 is 9.88 Å². The Balaban J connectivity index is 2.12. The fourth-order valence-electron chi connectivity index (χ4n) is 1.85. The first kappa shape index (κ1) is 16.0. The third kappa shape index (κ3) is 3.85. The second-order valence-electron chi connectivity index (χ2n) is 4.58. The first-order valence-electron chi connectivity index (χ1n) is 7.08. The number of nitrogens with one attached hydrogen (secondary N) is 1. The zero-order chi connectivity index (χ0) is 15.2. The van der Waals surface area contributed by atoms with E-state index >= 15 is 0 Å². The van der Waals surface area contributed by atoms with Crippen LogP contribution in [-0.2, 0) is 11.3 Å². The van der Waals surface area contributed by atoms with Gasteiger partial charge in [0.25, 0.3) is 0 Å². The molecule has 2 heterocycles. The van der Waals surface area contributed by atoms with Gasteiger partial charge >= 0.3 is 0 Å². The first-order valence-corrected chi connectivity index (χ1v) is 8.84. The predicted molar refractivity (Wildman–Crippen MR) is 87.6 cm³/mol. The average Bonchev–Trinajstić information content (AvgIpc) is 3.13. The molecule has 0 fully saturated rings. The van der Waals surface area contributed by atoms with Crippen LogP contribution < -0.4 is 5.32 Å². The molecular weight excluding hydrogens is 304 g/mol. The summed E-state index contributed by atoms with van der Waals surface area (Å²) in [6, 6.07) is 4.04. The largest absolute Gasteiger partial charge is 0.355 e. The monoisotopic (exact) mass is 324 g/mol. The molecule has 0 aromatic carbocycles. The van der Waals surface area contributed by atoms with E-state index in [-0.39, 0.29) is 11.2 Å². The number of carbonyl (C=O) groups excluding carboxylic acids is 1. The number of thiophene rings is 1. The summed E-state index contributed by atoms with van der Waals surface area (Å²) in [6.07, 6.45) is 0.941. The van der Waals surface area contributed by atoms with Gasteiger partial charge in [-0.2, -0.15) is 0 Å². The lowest BCUT2D eigenvalue weighted by Gasteiger charge is -2.12. The van der Waals surface area contributed by atoms with E-state index in [0.717, 1.165) is 28.8 Å². The minimum absolute atomic E-state index is 0.0465. The van der Waals surface area contributed by atoms with E-state index in [1.54, 1.807) is 11.3 Å². The van der Waals surface area contributed by atoms with Crippen molar-refractivity contribution in [1.29, 1.82) is 0 Å². The number of hydrogen-bond acceptors (Lipinski definition) is 5. The molecule has 2 aromatic heterocycles. The molecule has 2 aromatic rings. The maximum Gasteiger partial charge on any atom is 0.233 e. The molecule has 1 N–H and O–H groups in total. The summed E-state index contributed by atoms with van der Waals surface area (Å²) in [6.45, 7) is 7.50. The Kier molecular flexibility index (Phi) is 5.81. The summed E-state index contributed by atoms with van der Waals surface area (Å²) in [5.41, 5.74) is 0. The van der Waals surface area contributed by atoms with Crippen molar-refractivity contribution in [3.63, 3.8) is 0 Å². The van der Waals surface area contributed by atoms with Crippen LogP contribution in [0.2, 0.25) is 0 Å². The van der Waals surface area contributed by atoms with Crippen molar-refractivity contribution in [2.45, 2.75) is 44.1 Å². The van der Waals surface area contributed by atoms with Crippen LogP contribution in [0, 0.1) is 0 Å². The van der Waals surface area contributed by atoms with Crippen molar-refractivity contribution in [1.82, 2.24) is 20.1 Å². The third-order valence-electron chi connectivity index (χ3n) is 2.98. The Morgan fingerprint density at radius 3 is 2.90 bits per heavy atom.